The average Bonchev–Trinajstić information content (AvgIpc) is 2.88. The highest BCUT2D eigenvalue weighted by atomic mass is 32.1. The van der Waals surface area contributed by atoms with Gasteiger partial charge in [-0.1, -0.05) is 36.4 Å². The predicted molar refractivity (Wildman–Crippen MR) is 157 cm³/mol. The van der Waals surface area contributed by atoms with E-state index in [1.165, 1.54) is 24.3 Å². The summed E-state index contributed by atoms with van der Waals surface area (Å²) in [6.45, 7) is 7.60. The quantitative estimate of drug-likeness (QED) is 0.241. The first-order chi connectivity index (χ1) is 18.9. The zero-order chi connectivity index (χ0) is 28.7. The summed E-state index contributed by atoms with van der Waals surface area (Å²) in [6, 6.07) is 24.5. The van der Waals surface area contributed by atoms with Crippen molar-refractivity contribution >= 4 is 34.9 Å². The van der Waals surface area contributed by atoms with Crippen molar-refractivity contribution in [1.82, 2.24) is 0 Å². The minimum atomic E-state index is -0.707. The van der Waals surface area contributed by atoms with E-state index in [0.717, 1.165) is 44.8 Å². The van der Waals surface area contributed by atoms with Gasteiger partial charge in [-0.15, -0.1) is 0 Å². The highest BCUT2D eigenvalue weighted by molar-refractivity contribution is 7.80. The van der Waals surface area contributed by atoms with Gasteiger partial charge < -0.3 is 14.8 Å². The molecule has 4 aromatic rings. The molecule has 0 fully saturated rings. The maximum absolute atomic E-state index is 13.3. The molecule has 4 aromatic carbocycles. The number of anilines is 2. The average molecular weight is 559 g/mol. The lowest BCUT2D eigenvalue weighted by molar-refractivity contribution is 0.0421. The van der Waals surface area contributed by atoms with Crippen molar-refractivity contribution in [3.63, 3.8) is 0 Å². The molecule has 40 heavy (non-hydrogen) atoms. The lowest BCUT2D eigenvalue weighted by atomic mass is 9.91. The summed E-state index contributed by atoms with van der Waals surface area (Å²) < 4.78 is 37.6. The van der Waals surface area contributed by atoms with Crippen LogP contribution in [0.4, 0.5) is 25.0 Å². The molecule has 0 saturated carbocycles. The predicted octanol–water partition coefficient (Wildman–Crippen LogP) is 8.74. The number of benzene rings is 4. The summed E-state index contributed by atoms with van der Waals surface area (Å²) in [5, 5.41) is 6.09. The molecule has 5 nitrogen and oxygen atoms in total. The van der Waals surface area contributed by atoms with Crippen molar-refractivity contribution in [2.45, 2.75) is 38.9 Å². The topological polar surface area (TPSA) is 59.6 Å². The Balaban J connectivity index is 0.000000161. The molecule has 0 aromatic heterocycles. The van der Waals surface area contributed by atoms with Crippen molar-refractivity contribution in [1.29, 1.82) is 0 Å². The monoisotopic (exact) mass is 558 g/mol. The van der Waals surface area contributed by atoms with Crippen LogP contribution in [0.25, 0.3) is 22.3 Å². The Labute approximate surface area is 237 Å². The van der Waals surface area contributed by atoms with Crippen LogP contribution in [0.5, 0.6) is 0 Å². The summed E-state index contributed by atoms with van der Waals surface area (Å²) >= 11 is 5.09. The van der Waals surface area contributed by atoms with E-state index in [1.54, 1.807) is 12.1 Å². The van der Waals surface area contributed by atoms with Crippen LogP contribution in [0, 0.1) is 11.6 Å². The Hall–Kier alpha value is -4.30. The van der Waals surface area contributed by atoms with E-state index in [2.05, 4.69) is 10.6 Å². The molecule has 0 aliphatic carbocycles. The summed E-state index contributed by atoms with van der Waals surface area (Å²) in [7, 11) is 0. The third-order valence-corrected chi connectivity index (χ3v) is 7.01. The van der Waals surface area contributed by atoms with Gasteiger partial charge >= 0.3 is 6.09 Å². The second kappa shape index (κ2) is 10.4. The molecule has 0 atom stereocenters. The standard InChI is InChI=1S/C16H14FNO2.C16H14FNOS/c1-16(2)13-9-11(10-4-3-5-12(17)8-10)6-7-14(13)18-15(19)20-16;1-16(2)13-9-11(10-4-3-5-12(17)8-10)6-7-14(13)18-15(20)19-16/h3-9H,1-2H3,(H,18,19);3-9H,1-2H3,(H,18,20). The van der Waals surface area contributed by atoms with Gasteiger partial charge in [0.15, 0.2) is 0 Å². The molecular weight excluding hydrogens is 530 g/mol. The Morgan fingerprint density at radius 1 is 0.625 bits per heavy atom. The number of ether oxygens (including phenoxy) is 2. The molecule has 0 saturated heterocycles. The molecule has 8 heteroatoms. The number of amides is 1. The first-order valence-electron chi connectivity index (χ1n) is 12.7. The van der Waals surface area contributed by atoms with Gasteiger partial charge in [-0.2, -0.15) is 0 Å². The molecule has 2 aliphatic rings. The fourth-order valence-corrected chi connectivity index (χ4v) is 5.16. The maximum Gasteiger partial charge on any atom is 0.412 e. The number of cyclic esters (lactones) is 1. The summed E-state index contributed by atoms with van der Waals surface area (Å²) in [5.74, 6) is -0.515. The molecule has 2 N–H and O–H groups in total. The largest absolute Gasteiger partial charge is 0.460 e. The van der Waals surface area contributed by atoms with E-state index in [4.69, 9.17) is 21.7 Å². The van der Waals surface area contributed by atoms with Crippen LogP contribution in [-0.4, -0.2) is 11.3 Å². The maximum atomic E-state index is 13.3. The fraction of sp³-hybridized carbons (Fsp3) is 0.188. The van der Waals surface area contributed by atoms with Gasteiger partial charge in [-0.3, -0.25) is 5.32 Å². The lowest BCUT2D eigenvalue weighted by Crippen LogP contribution is -2.34. The Morgan fingerprint density at radius 3 is 1.57 bits per heavy atom. The van der Waals surface area contributed by atoms with E-state index in [1.807, 2.05) is 76.2 Å². The molecule has 6 rings (SSSR count). The van der Waals surface area contributed by atoms with Crippen LogP contribution in [-0.2, 0) is 20.7 Å². The normalized spacial score (nSPS) is 16.1. The molecule has 2 aliphatic heterocycles. The third kappa shape index (κ3) is 5.67. The second-order valence-electron chi connectivity index (χ2n) is 10.6. The van der Waals surface area contributed by atoms with Gasteiger partial charge in [-0.25, -0.2) is 13.6 Å². The zero-order valence-corrected chi connectivity index (χ0v) is 23.3. The Morgan fingerprint density at radius 2 is 1.07 bits per heavy atom. The van der Waals surface area contributed by atoms with E-state index < -0.39 is 17.3 Å². The molecule has 1 amide bonds. The van der Waals surface area contributed by atoms with Crippen LogP contribution >= 0.6 is 12.2 Å². The van der Waals surface area contributed by atoms with Crippen molar-refractivity contribution < 1.29 is 23.0 Å². The van der Waals surface area contributed by atoms with Crippen molar-refractivity contribution in [2.24, 2.45) is 0 Å². The zero-order valence-electron chi connectivity index (χ0n) is 22.5. The van der Waals surface area contributed by atoms with Gasteiger partial charge in [-0.05, 0) is 111 Å². The van der Waals surface area contributed by atoms with E-state index in [9.17, 15) is 13.6 Å². The van der Waals surface area contributed by atoms with Crippen molar-refractivity contribution in [3.05, 3.63) is 108 Å². The van der Waals surface area contributed by atoms with Crippen molar-refractivity contribution in [2.75, 3.05) is 10.6 Å². The van der Waals surface area contributed by atoms with E-state index in [-0.39, 0.29) is 11.6 Å². The minimum Gasteiger partial charge on any atom is -0.460 e. The summed E-state index contributed by atoms with van der Waals surface area (Å²) in [5.41, 5.74) is 5.81. The number of halogens is 2. The van der Waals surface area contributed by atoms with Gasteiger partial charge in [0, 0.05) is 16.8 Å². The summed E-state index contributed by atoms with van der Waals surface area (Å²) in [4.78, 5) is 11.5. The summed E-state index contributed by atoms with van der Waals surface area (Å²) in [6.07, 6.45) is -0.457. The molecule has 204 valence electrons. The number of fused-ring (bicyclic) bond motifs is 2. The van der Waals surface area contributed by atoms with E-state index in [0.29, 0.717) is 5.17 Å². The smallest absolute Gasteiger partial charge is 0.412 e. The first-order valence-corrected chi connectivity index (χ1v) is 13.1. The number of nitrogens with one attached hydrogen (secondary N) is 2. The van der Waals surface area contributed by atoms with Gasteiger partial charge in [0.05, 0.1) is 5.69 Å². The van der Waals surface area contributed by atoms with Gasteiger partial charge in [0.25, 0.3) is 5.17 Å². The van der Waals surface area contributed by atoms with Crippen LogP contribution in [0.2, 0.25) is 0 Å². The van der Waals surface area contributed by atoms with E-state index >= 15 is 0 Å². The Kier molecular flexibility index (Phi) is 7.06. The van der Waals surface area contributed by atoms with Crippen LogP contribution in [0.3, 0.4) is 0 Å². The SMILES string of the molecule is CC1(C)OC(=O)Nc2ccc(-c3cccc(F)c3)cc21.CC1(C)OC(=S)Nc2ccc(-c3cccc(F)c3)cc21. The minimum absolute atomic E-state index is 0.241. The molecular formula is C32H28F2N2O3S. The molecule has 0 spiro atoms. The molecule has 2 heterocycles. The number of rotatable bonds is 2. The number of hydrogen-bond acceptors (Lipinski definition) is 4. The third-order valence-electron chi connectivity index (χ3n) is 6.82. The van der Waals surface area contributed by atoms with Crippen LogP contribution in [0.15, 0.2) is 84.9 Å². The molecule has 0 radical (unpaired) electrons. The number of thiocarbonyl (C=S) groups is 1. The van der Waals surface area contributed by atoms with Crippen LogP contribution < -0.4 is 10.6 Å². The molecule has 0 bridgehead atoms. The lowest BCUT2D eigenvalue weighted by Gasteiger charge is -2.34. The molecule has 0 unspecified atom stereocenters. The van der Waals surface area contributed by atoms with Crippen LogP contribution in [0.1, 0.15) is 38.8 Å². The number of hydrogen-bond donors (Lipinski definition) is 2. The van der Waals surface area contributed by atoms with Crippen molar-refractivity contribution in [3.8, 4) is 22.3 Å². The van der Waals surface area contributed by atoms with Gasteiger partial charge in [0.2, 0.25) is 0 Å². The first kappa shape index (κ1) is 27.3. The highest BCUT2D eigenvalue weighted by Crippen LogP contribution is 2.39. The Bertz CT molecular complexity index is 1510. The number of carbonyl (C=O) groups excluding carboxylic acids is 1. The highest BCUT2D eigenvalue weighted by Gasteiger charge is 2.34. The fourth-order valence-electron chi connectivity index (χ4n) is 4.84. The second-order valence-corrected chi connectivity index (χ2v) is 11.0. The van der Waals surface area contributed by atoms with Gasteiger partial charge in [0.1, 0.15) is 22.8 Å². The number of carbonyl (C=O) groups is 1.